The third kappa shape index (κ3) is 2.79. The Kier molecular flexibility index (Phi) is 4.01. The Bertz CT molecular complexity index is 355. The summed E-state index contributed by atoms with van der Waals surface area (Å²) in [4.78, 5) is 16.0. The molecule has 4 nitrogen and oxygen atoms in total. The summed E-state index contributed by atoms with van der Waals surface area (Å²) in [5, 5.41) is 2.74. The van der Waals surface area contributed by atoms with E-state index in [1.807, 2.05) is 26.8 Å². The Morgan fingerprint density at radius 1 is 1.44 bits per heavy atom. The molecule has 3 N–H and O–H groups in total. The van der Waals surface area contributed by atoms with Crippen LogP contribution in [0.25, 0.3) is 0 Å². The van der Waals surface area contributed by atoms with Gasteiger partial charge in [-0.1, -0.05) is 19.9 Å². The molecule has 0 fully saturated rings. The van der Waals surface area contributed by atoms with Crippen LogP contribution >= 0.6 is 0 Å². The average Bonchev–Trinajstić information content (AvgIpc) is 2.31. The van der Waals surface area contributed by atoms with Crippen molar-refractivity contribution in [3.05, 3.63) is 23.9 Å². The minimum absolute atomic E-state index is 0.172. The number of nitrogens with one attached hydrogen (secondary N) is 1. The molecule has 0 aliphatic rings. The lowest BCUT2D eigenvalue weighted by Crippen LogP contribution is -2.50. The first-order chi connectivity index (χ1) is 7.51. The van der Waals surface area contributed by atoms with Crippen molar-refractivity contribution in [1.29, 1.82) is 0 Å². The fraction of sp³-hybridized carbons (Fsp3) is 0.500. The van der Waals surface area contributed by atoms with Gasteiger partial charge in [0.25, 0.3) is 0 Å². The van der Waals surface area contributed by atoms with E-state index in [9.17, 15) is 4.79 Å². The number of aryl methyl sites for hydroxylation is 1. The maximum absolute atomic E-state index is 11.9. The fourth-order valence-electron chi connectivity index (χ4n) is 1.35. The fourth-order valence-corrected chi connectivity index (χ4v) is 1.35. The van der Waals surface area contributed by atoms with Crippen molar-refractivity contribution in [3.63, 3.8) is 0 Å². The first kappa shape index (κ1) is 12.6. The van der Waals surface area contributed by atoms with Gasteiger partial charge >= 0.3 is 0 Å². The van der Waals surface area contributed by atoms with Gasteiger partial charge in [-0.2, -0.15) is 0 Å². The molecule has 1 amide bonds. The van der Waals surface area contributed by atoms with Crippen molar-refractivity contribution in [2.45, 2.75) is 39.2 Å². The van der Waals surface area contributed by atoms with E-state index in [1.54, 1.807) is 12.3 Å². The monoisotopic (exact) mass is 221 g/mol. The van der Waals surface area contributed by atoms with E-state index in [0.29, 0.717) is 18.7 Å². The van der Waals surface area contributed by atoms with Crippen molar-refractivity contribution in [3.8, 4) is 0 Å². The van der Waals surface area contributed by atoms with E-state index in [4.69, 9.17) is 5.73 Å². The third-order valence-electron chi connectivity index (χ3n) is 2.87. The van der Waals surface area contributed by atoms with Gasteiger partial charge in [0.15, 0.2) is 0 Å². The zero-order chi connectivity index (χ0) is 12.2. The number of rotatable bonds is 4. The molecule has 1 aromatic heterocycles. The molecule has 1 rings (SSSR count). The van der Waals surface area contributed by atoms with Crippen molar-refractivity contribution in [1.82, 2.24) is 4.98 Å². The van der Waals surface area contributed by atoms with Crippen LogP contribution in [0.15, 0.2) is 18.3 Å². The molecule has 4 heteroatoms. The normalized spacial score (nSPS) is 11.2. The largest absolute Gasteiger partial charge is 0.317 e. The maximum atomic E-state index is 11.9. The van der Waals surface area contributed by atoms with Gasteiger partial charge in [0, 0.05) is 6.20 Å². The van der Waals surface area contributed by atoms with Gasteiger partial charge in [-0.05, 0) is 31.4 Å². The summed E-state index contributed by atoms with van der Waals surface area (Å²) in [6.45, 7) is 5.77. The Morgan fingerprint density at radius 3 is 2.50 bits per heavy atom. The lowest BCUT2D eigenvalue weighted by atomic mass is 9.93. The van der Waals surface area contributed by atoms with Crippen molar-refractivity contribution < 1.29 is 4.79 Å². The predicted molar refractivity (Wildman–Crippen MR) is 65.1 cm³/mol. The number of anilines is 1. The van der Waals surface area contributed by atoms with Gasteiger partial charge in [0.05, 0.1) is 5.54 Å². The summed E-state index contributed by atoms with van der Waals surface area (Å²) in [6, 6.07) is 3.68. The van der Waals surface area contributed by atoms with Gasteiger partial charge in [0.2, 0.25) is 5.91 Å². The molecule has 0 radical (unpaired) electrons. The van der Waals surface area contributed by atoms with E-state index in [-0.39, 0.29) is 5.91 Å². The topological polar surface area (TPSA) is 68.0 Å². The highest BCUT2D eigenvalue weighted by atomic mass is 16.2. The highest BCUT2D eigenvalue weighted by molar-refractivity contribution is 5.97. The van der Waals surface area contributed by atoms with Crippen LogP contribution in [0.5, 0.6) is 0 Å². The van der Waals surface area contributed by atoms with Gasteiger partial charge in [-0.3, -0.25) is 4.79 Å². The summed E-state index contributed by atoms with van der Waals surface area (Å²) in [6.07, 6.45) is 2.94. The molecule has 16 heavy (non-hydrogen) atoms. The van der Waals surface area contributed by atoms with Crippen molar-refractivity contribution in [2.24, 2.45) is 5.73 Å². The second kappa shape index (κ2) is 5.07. The Morgan fingerprint density at radius 2 is 2.06 bits per heavy atom. The molecule has 0 atom stereocenters. The summed E-state index contributed by atoms with van der Waals surface area (Å²) in [7, 11) is 0. The van der Waals surface area contributed by atoms with Crippen LogP contribution in [0.2, 0.25) is 0 Å². The second-order valence-corrected chi connectivity index (χ2v) is 4.04. The summed E-state index contributed by atoms with van der Waals surface area (Å²) >= 11 is 0. The van der Waals surface area contributed by atoms with Crippen LogP contribution in [-0.4, -0.2) is 16.4 Å². The van der Waals surface area contributed by atoms with Crippen molar-refractivity contribution >= 4 is 11.7 Å². The summed E-state index contributed by atoms with van der Waals surface area (Å²) < 4.78 is 0. The van der Waals surface area contributed by atoms with Crippen LogP contribution in [0.3, 0.4) is 0 Å². The smallest absolute Gasteiger partial charge is 0.245 e. The maximum Gasteiger partial charge on any atom is 0.245 e. The van der Waals surface area contributed by atoms with E-state index in [1.165, 1.54) is 0 Å². The molecule has 0 aromatic carbocycles. The van der Waals surface area contributed by atoms with Crippen LogP contribution < -0.4 is 11.1 Å². The van der Waals surface area contributed by atoms with Crippen LogP contribution in [0.1, 0.15) is 32.3 Å². The summed E-state index contributed by atoms with van der Waals surface area (Å²) in [5.41, 5.74) is 6.24. The van der Waals surface area contributed by atoms with E-state index >= 15 is 0 Å². The van der Waals surface area contributed by atoms with Crippen LogP contribution in [0.4, 0.5) is 5.82 Å². The molecular formula is C12H19N3O. The van der Waals surface area contributed by atoms with E-state index in [2.05, 4.69) is 10.3 Å². The number of hydrogen-bond donors (Lipinski definition) is 2. The van der Waals surface area contributed by atoms with Gasteiger partial charge < -0.3 is 11.1 Å². The van der Waals surface area contributed by atoms with Gasteiger partial charge in [0.1, 0.15) is 5.82 Å². The molecule has 0 aliphatic carbocycles. The van der Waals surface area contributed by atoms with Crippen LogP contribution in [0, 0.1) is 6.92 Å². The third-order valence-corrected chi connectivity index (χ3v) is 2.87. The number of hydrogen-bond acceptors (Lipinski definition) is 3. The van der Waals surface area contributed by atoms with E-state index < -0.39 is 5.54 Å². The Hall–Kier alpha value is -1.42. The Balaban J connectivity index is 2.74. The molecule has 0 unspecified atom stereocenters. The zero-order valence-corrected chi connectivity index (χ0v) is 10.1. The SMILES string of the molecule is CCC(N)(CC)C(=O)Nc1ccc(C)cn1. The molecular weight excluding hydrogens is 202 g/mol. The van der Waals surface area contributed by atoms with E-state index in [0.717, 1.165) is 5.56 Å². The number of nitrogens with zero attached hydrogens (tertiary/aromatic N) is 1. The summed E-state index contributed by atoms with van der Waals surface area (Å²) in [5.74, 6) is 0.376. The predicted octanol–water partition coefficient (Wildman–Crippen LogP) is 1.85. The molecule has 0 saturated carbocycles. The minimum Gasteiger partial charge on any atom is -0.317 e. The number of carbonyl (C=O) groups excluding carboxylic acids is 1. The number of amides is 1. The highest BCUT2D eigenvalue weighted by Crippen LogP contribution is 2.14. The van der Waals surface area contributed by atoms with Crippen molar-refractivity contribution in [2.75, 3.05) is 5.32 Å². The lowest BCUT2D eigenvalue weighted by Gasteiger charge is -2.24. The lowest BCUT2D eigenvalue weighted by molar-refractivity contribution is -0.121. The van der Waals surface area contributed by atoms with Gasteiger partial charge in [-0.15, -0.1) is 0 Å². The first-order valence-electron chi connectivity index (χ1n) is 5.55. The highest BCUT2D eigenvalue weighted by Gasteiger charge is 2.29. The molecule has 1 heterocycles. The standard InChI is InChI=1S/C12H19N3O/c1-4-12(13,5-2)11(16)15-10-7-6-9(3)8-14-10/h6-8H,4-5,13H2,1-3H3,(H,14,15,16). The van der Waals surface area contributed by atoms with Crippen LogP contribution in [-0.2, 0) is 4.79 Å². The number of pyridine rings is 1. The minimum atomic E-state index is -0.799. The molecule has 88 valence electrons. The Labute approximate surface area is 96.3 Å². The number of aromatic nitrogens is 1. The molecule has 0 bridgehead atoms. The molecule has 1 aromatic rings. The van der Waals surface area contributed by atoms with Gasteiger partial charge in [-0.25, -0.2) is 4.98 Å². The average molecular weight is 221 g/mol. The number of carbonyl (C=O) groups is 1. The number of nitrogens with two attached hydrogens (primary N) is 1. The molecule has 0 aliphatic heterocycles. The first-order valence-corrected chi connectivity index (χ1v) is 5.55. The quantitative estimate of drug-likeness (QED) is 0.815. The molecule has 0 saturated heterocycles. The zero-order valence-electron chi connectivity index (χ0n) is 10.1. The second-order valence-electron chi connectivity index (χ2n) is 4.04. The molecule has 0 spiro atoms.